The molecule has 2 aromatic carbocycles. The van der Waals surface area contributed by atoms with Crippen LogP contribution in [0.25, 0.3) is 0 Å². The first-order chi connectivity index (χ1) is 12.4. The molecule has 2 aromatic rings. The van der Waals surface area contributed by atoms with E-state index in [1.807, 2.05) is 0 Å². The van der Waals surface area contributed by atoms with E-state index in [1.165, 1.54) is 6.92 Å². The van der Waals surface area contributed by atoms with Crippen molar-refractivity contribution in [1.29, 1.82) is 0 Å². The molecule has 0 aromatic heterocycles. The lowest BCUT2D eigenvalue weighted by atomic mass is 10.2. The van der Waals surface area contributed by atoms with E-state index < -0.39 is 28.0 Å². The van der Waals surface area contributed by atoms with Gasteiger partial charge < -0.3 is 0 Å². The number of hydrogen-bond acceptors (Lipinski definition) is 2. The number of hydrogen-bond donors (Lipinski definition) is 1. The summed E-state index contributed by atoms with van der Waals surface area (Å²) in [6, 6.07) is 13.6. The topological polar surface area (TPSA) is 41.5 Å². The number of halogens is 3. The SMILES string of the molecule is CC1=NC(C#CNC(=O)c2ccccc2)=CS1(F)c1ccc(F)cc1F. The summed E-state index contributed by atoms with van der Waals surface area (Å²) in [7, 11) is -3.33. The molecular formula is C19H13F3N2OS. The van der Waals surface area contributed by atoms with Gasteiger partial charge in [-0.05, 0) is 37.1 Å². The summed E-state index contributed by atoms with van der Waals surface area (Å²) in [4.78, 5) is 15.6. The quantitative estimate of drug-likeness (QED) is 0.602. The third kappa shape index (κ3) is 3.51. The zero-order chi connectivity index (χ0) is 18.7. The molecule has 3 rings (SSSR count). The monoisotopic (exact) mass is 374 g/mol. The van der Waals surface area contributed by atoms with E-state index in [0.29, 0.717) is 11.6 Å². The first-order valence-corrected chi connectivity index (χ1v) is 9.11. The fourth-order valence-electron chi connectivity index (χ4n) is 2.31. The fourth-order valence-corrected chi connectivity index (χ4v) is 4.19. The highest BCUT2D eigenvalue weighted by molar-refractivity contribution is 8.44. The van der Waals surface area contributed by atoms with Crippen molar-refractivity contribution in [1.82, 2.24) is 5.32 Å². The maximum absolute atomic E-state index is 15.3. The normalized spacial score (nSPS) is 20.9. The van der Waals surface area contributed by atoms with Crippen molar-refractivity contribution in [2.24, 2.45) is 4.99 Å². The van der Waals surface area contributed by atoms with Crippen LogP contribution in [0.2, 0.25) is 0 Å². The predicted octanol–water partition coefficient (Wildman–Crippen LogP) is 4.68. The van der Waals surface area contributed by atoms with Gasteiger partial charge >= 0.3 is 0 Å². The number of amides is 1. The number of rotatable bonds is 2. The lowest BCUT2D eigenvalue weighted by Crippen LogP contribution is -2.17. The Bertz CT molecular complexity index is 993. The number of allylic oxidation sites excluding steroid dienone is 1. The second-order valence-electron chi connectivity index (χ2n) is 5.36. The summed E-state index contributed by atoms with van der Waals surface area (Å²) >= 11 is 0. The van der Waals surface area contributed by atoms with Crippen LogP contribution in [-0.2, 0) is 0 Å². The Labute approximate surface area is 150 Å². The molecule has 0 saturated heterocycles. The third-order valence-corrected chi connectivity index (χ3v) is 6.07. The predicted molar refractivity (Wildman–Crippen MR) is 96.2 cm³/mol. The zero-order valence-corrected chi connectivity index (χ0v) is 14.4. The molecule has 7 heteroatoms. The molecule has 1 amide bonds. The number of nitrogens with one attached hydrogen (secondary N) is 1. The van der Waals surface area contributed by atoms with Crippen LogP contribution >= 0.6 is 10.4 Å². The number of carbonyl (C=O) groups excluding carboxylic acids is 1. The Morgan fingerprint density at radius 1 is 1.15 bits per heavy atom. The maximum Gasteiger partial charge on any atom is 0.262 e. The molecule has 0 fully saturated rings. The first kappa shape index (κ1) is 17.8. The average molecular weight is 374 g/mol. The Balaban J connectivity index is 1.81. The molecule has 0 spiro atoms. The van der Waals surface area contributed by atoms with Gasteiger partial charge in [-0.2, -0.15) is 3.89 Å². The highest BCUT2D eigenvalue weighted by atomic mass is 32.3. The van der Waals surface area contributed by atoms with Crippen molar-refractivity contribution >= 4 is 21.4 Å². The van der Waals surface area contributed by atoms with Crippen LogP contribution in [0.5, 0.6) is 0 Å². The lowest BCUT2D eigenvalue weighted by molar-refractivity contribution is 0.0973. The van der Waals surface area contributed by atoms with Crippen molar-refractivity contribution in [2.75, 3.05) is 0 Å². The van der Waals surface area contributed by atoms with Crippen LogP contribution in [0, 0.1) is 23.6 Å². The molecule has 1 atom stereocenters. The summed E-state index contributed by atoms with van der Waals surface area (Å²) in [5, 5.41) is 3.56. The van der Waals surface area contributed by atoms with Gasteiger partial charge in [0, 0.05) is 33.5 Å². The standard InChI is InChI=1S/C19H13F3N2OS/c1-13-24-16(9-10-23-19(25)14-5-3-2-4-6-14)12-26(13,22)18-8-7-15(20)11-17(18)21/h2-8,11-12H,1H3,(H,23,25). The van der Waals surface area contributed by atoms with Crippen molar-refractivity contribution in [3.05, 3.63) is 76.8 Å². The number of nitrogens with zero attached hydrogens (tertiary/aromatic N) is 1. The molecule has 1 heterocycles. The second-order valence-corrected chi connectivity index (χ2v) is 7.79. The molecule has 1 aliphatic heterocycles. The average Bonchev–Trinajstić information content (AvgIpc) is 2.90. The number of aliphatic imine (C=N–C) groups is 1. The van der Waals surface area contributed by atoms with Crippen molar-refractivity contribution in [3.8, 4) is 12.0 Å². The van der Waals surface area contributed by atoms with Gasteiger partial charge in [-0.15, -0.1) is 0 Å². The minimum atomic E-state index is -3.33. The van der Waals surface area contributed by atoms with E-state index in [-0.39, 0.29) is 15.6 Å². The molecule has 0 aliphatic carbocycles. The molecule has 0 radical (unpaired) electrons. The minimum Gasteiger partial charge on any atom is -0.281 e. The van der Waals surface area contributed by atoms with E-state index in [9.17, 15) is 13.6 Å². The Kier molecular flexibility index (Phi) is 4.87. The molecule has 0 bridgehead atoms. The first-order valence-electron chi connectivity index (χ1n) is 7.51. The number of benzene rings is 2. The highest BCUT2D eigenvalue weighted by Gasteiger charge is 2.35. The fraction of sp³-hybridized carbons (Fsp3) is 0.0526. The molecule has 3 nitrogen and oxygen atoms in total. The van der Waals surface area contributed by atoms with Gasteiger partial charge in [0.2, 0.25) is 0 Å². The summed E-state index contributed by atoms with van der Waals surface area (Å²) in [5.74, 6) is 0.387. The summed E-state index contributed by atoms with van der Waals surface area (Å²) < 4.78 is 42.3. The van der Waals surface area contributed by atoms with Crippen LogP contribution < -0.4 is 5.32 Å². The zero-order valence-electron chi connectivity index (χ0n) is 13.6. The maximum atomic E-state index is 15.3. The van der Waals surface area contributed by atoms with Gasteiger partial charge in [0.1, 0.15) is 17.3 Å². The molecular weight excluding hydrogens is 361 g/mol. The summed E-state index contributed by atoms with van der Waals surface area (Å²) in [5.41, 5.74) is 0.512. The third-order valence-electron chi connectivity index (χ3n) is 3.60. The molecule has 0 saturated carbocycles. The Morgan fingerprint density at radius 2 is 1.88 bits per heavy atom. The largest absolute Gasteiger partial charge is 0.281 e. The van der Waals surface area contributed by atoms with Gasteiger partial charge in [0.25, 0.3) is 5.91 Å². The van der Waals surface area contributed by atoms with E-state index >= 15 is 3.89 Å². The van der Waals surface area contributed by atoms with Gasteiger partial charge in [0.05, 0.1) is 9.94 Å². The van der Waals surface area contributed by atoms with Gasteiger partial charge in [0.15, 0.2) is 0 Å². The molecule has 1 unspecified atom stereocenters. The summed E-state index contributed by atoms with van der Waals surface area (Å²) in [6.07, 6.45) is 0. The molecule has 132 valence electrons. The molecule has 1 N–H and O–H groups in total. The molecule has 1 aliphatic rings. The Morgan fingerprint density at radius 3 is 2.58 bits per heavy atom. The lowest BCUT2D eigenvalue weighted by Gasteiger charge is -2.23. The van der Waals surface area contributed by atoms with Crippen LogP contribution in [0.15, 0.2) is 69.5 Å². The van der Waals surface area contributed by atoms with Crippen molar-refractivity contribution in [2.45, 2.75) is 11.8 Å². The Hall–Kier alpha value is -2.98. The minimum absolute atomic E-state index is 0.0571. The van der Waals surface area contributed by atoms with Crippen LogP contribution in [0.1, 0.15) is 17.3 Å². The summed E-state index contributed by atoms with van der Waals surface area (Å²) in [6.45, 7) is 1.42. The van der Waals surface area contributed by atoms with Crippen molar-refractivity contribution in [3.63, 3.8) is 0 Å². The number of carbonyl (C=O) groups is 1. The molecule has 26 heavy (non-hydrogen) atoms. The van der Waals surface area contributed by atoms with E-state index in [2.05, 4.69) is 22.3 Å². The van der Waals surface area contributed by atoms with Gasteiger partial charge in [-0.25, -0.2) is 13.8 Å². The smallest absolute Gasteiger partial charge is 0.262 e. The van der Waals surface area contributed by atoms with E-state index in [4.69, 9.17) is 0 Å². The van der Waals surface area contributed by atoms with Gasteiger partial charge in [-0.3, -0.25) is 10.1 Å². The van der Waals surface area contributed by atoms with Crippen LogP contribution in [-0.4, -0.2) is 11.0 Å². The van der Waals surface area contributed by atoms with E-state index in [0.717, 1.165) is 17.5 Å². The van der Waals surface area contributed by atoms with Crippen molar-refractivity contribution < 1.29 is 17.5 Å². The van der Waals surface area contributed by atoms with Gasteiger partial charge in [-0.1, -0.05) is 18.2 Å². The van der Waals surface area contributed by atoms with E-state index in [1.54, 1.807) is 30.3 Å². The van der Waals surface area contributed by atoms with Crippen LogP contribution in [0.3, 0.4) is 0 Å². The van der Waals surface area contributed by atoms with Crippen LogP contribution in [0.4, 0.5) is 12.7 Å². The second kappa shape index (κ2) is 7.10. The highest BCUT2D eigenvalue weighted by Crippen LogP contribution is 2.64.